The third-order valence-corrected chi connectivity index (χ3v) is 5.06. The van der Waals surface area contributed by atoms with Crippen molar-refractivity contribution in [3.05, 3.63) is 10.7 Å². The van der Waals surface area contributed by atoms with Gasteiger partial charge in [-0.25, -0.2) is 4.98 Å². The molecule has 0 aliphatic heterocycles. The van der Waals surface area contributed by atoms with Crippen LogP contribution in [0.1, 0.15) is 45.3 Å². The SMILES string of the molecule is Cc1nc(C(C)(C)C)sc1-c1nnc(NC(C)C)s1. The Hall–Kier alpha value is -1.01. The lowest BCUT2D eigenvalue weighted by Crippen LogP contribution is -2.10. The highest BCUT2D eigenvalue weighted by atomic mass is 32.1. The topological polar surface area (TPSA) is 50.7 Å². The van der Waals surface area contributed by atoms with E-state index in [4.69, 9.17) is 0 Å². The van der Waals surface area contributed by atoms with Crippen LogP contribution in [0, 0.1) is 6.92 Å². The van der Waals surface area contributed by atoms with Gasteiger partial charge in [0.1, 0.15) is 0 Å². The molecule has 2 aromatic heterocycles. The zero-order valence-corrected chi connectivity index (χ0v) is 13.9. The van der Waals surface area contributed by atoms with Crippen LogP contribution in [0.2, 0.25) is 0 Å². The molecule has 4 nitrogen and oxygen atoms in total. The Balaban J connectivity index is 2.32. The van der Waals surface area contributed by atoms with Gasteiger partial charge in [-0.05, 0) is 20.8 Å². The van der Waals surface area contributed by atoms with Crippen LogP contribution < -0.4 is 5.32 Å². The molecule has 0 saturated carbocycles. The monoisotopic (exact) mass is 296 g/mol. The van der Waals surface area contributed by atoms with Gasteiger partial charge in [0.05, 0.1) is 15.6 Å². The minimum Gasteiger partial charge on any atom is -0.358 e. The van der Waals surface area contributed by atoms with Crippen LogP contribution in [0.25, 0.3) is 9.88 Å². The molecule has 2 heterocycles. The molecular formula is C13H20N4S2. The molecule has 0 atom stereocenters. The van der Waals surface area contributed by atoms with Crippen molar-refractivity contribution in [2.24, 2.45) is 0 Å². The van der Waals surface area contributed by atoms with Gasteiger partial charge in [0.15, 0.2) is 5.01 Å². The number of aromatic nitrogens is 3. The number of nitrogens with zero attached hydrogens (tertiary/aromatic N) is 3. The summed E-state index contributed by atoms with van der Waals surface area (Å²) in [6, 6.07) is 0.369. The Labute approximate surface area is 122 Å². The van der Waals surface area contributed by atoms with Crippen LogP contribution in [0.3, 0.4) is 0 Å². The summed E-state index contributed by atoms with van der Waals surface area (Å²) in [5.41, 5.74) is 1.12. The van der Waals surface area contributed by atoms with Crippen molar-refractivity contribution in [1.82, 2.24) is 15.2 Å². The Morgan fingerprint density at radius 3 is 2.32 bits per heavy atom. The molecule has 2 aromatic rings. The van der Waals surface area contributed by atoms with E-state index in [-0.39, 0.29) is 5.41 Å². The van der Waals surface area contributed by atoms with Crippen LogP contribution in [-0.4, -0.2) is 21.2 Å². The Morgan fingerprint density at radius 1 is 1.11 bits per heavy atom. The Kier molecular flexibility index (Phi) is 3.92. The van der Waals surface area contributed by atoms with Gasteiger partial charge < -0.3 is 5.32 Å². The highest BCUT2D eigenvalue weighted by molar-refractivity contribution is 7.23. The summed E-state index contributed by atoms with van der Waals surface area (Å²) in [6.45, 7) is 12.8. The predicted molar refractivity (Wildman–Crippen MR) is 83.2 cm³/mol. The van der Waals surface area contributed by atoms with Crippen LogP contribution in [0.15, 0.2) is 0 Å². The smallest absolute Gasteiger partial charge is 0.206 e. The zero-order chi connectivity index (χ0) is 14.2. The van der Waals surface area contributed by atoms with Gasteiger partial charge in [-0.1, -0.05) is 32.1 Å². The molecule has 1 N–H and O–H groups in total. The van der Waals surface area contributed by atoms with Crippen LogP contribution >= 0.6 is 22.7 Å². The summed E-state index contributed by atoms with van der Waals surface area (Å²) < 4.78 is 0. The van der Waals surface area contributed by atoms with Gasteiger partial charge in [-0.3, -0.25) is 0 Å². The molecular weight excluding hydrogens is 276 g/mol. The average molecular weight is 296 g/mol. The minimum absolute atomic E-state index is 0.0807. The van der Waals surface area contributed by atoms with E-state index < -0.39 is 0 Å². The summed E-state index contributed by atoms with van der Waals surface area (Å²) in [7, 11) is 0. The van der Waals surface area contributed by atoms with Crippen molar-refractivity contribution in [1.29, 1.82) is 0 Å². The quantitative estimate of drug-likeness (QED) is 0.927. The molecule has 0 aromatic carbocycles. The molecule has 19 heavy (non-hydrogen) atoms. The molecule has 0 unspecified atom stereocenters. The van der Waals surface area contributed by atoms with Gasteiger partial charge >= 0.3 is 0 Å². The maximum absolute atomic E-state index is 4.67. The van der Waals surface area contributed by atoms with Crippen LogP contribution in [-0.2, 0) is 5.41 Å². The number of hydrogen-bond donors (Lipinski definition) is 1. The first-order chi connectivity index (χ1) is 8.77. The van der Waals surface area contributed by atoms with E-state index in [1.54, 1.807) is 22.7 Å². The fourth-order valence-electron chi connectivity index (χ4n) is 1.54. The maximum atomic E-state index is 4.67. The normalized spacial score (nSPS) is 12.2. The number of nitrogens with one attached hydrogen (secondary N) is 1. The van der Waals surface area contributed by atoms with Crippen LogP contribution in [0.4, 0.5) is 5.13 Å². The third kappa shape index (κ3) is 3.30. The van der Waals surface area contributed by atoms with E-state index in [1.807, 2.05) is 6.92 Å². The van der Waals surface area contributed by atoms with E-state index in [1.165, 1.54) is 0 Å². The lowest BCUT2D eigenvalue weighted by atomic mass is 9.98. The van der Waals surface area contributed by atoms with Crippen molar-refractivity contribution in [2.75, 3.05) is 5.32 Å². The van der Waals surface area contributed by atoms with Gasteiger partial charge in [0.25, 0.3) is 0 Å². The molecule has 0 amide bonds. The third-order valence-electron chi connectivity index (χ3n) is 2.47. The van der Waals surface area contributed by atoms with Crippen molar-refractivity contribution in [3.8, 4) is 9.88 Å². The van der Waals surface area contributed by atoms with Gasteiger partial charge in [-0.15, -0.1) is 21.5 Å². The van der Waals surface area contributed by atoms with E-state index >= 15 is 0 Å². The van der Waals surface area contributed by atoms with Crippen molar-refractivity contribution < 1.29 is 0 Å². The van der Waals surface area contributed by atoms with Gasteiger partial charge in [0.2, 0.25) is 5.13 Å². The number of hydrogen-bond acceptors (Lipinski definition) is 6. The predicted octanol–water partition coefficient (Wildman–Crippen LogP) is 4.09. The Morgan fingerprint density at radius 2 is 1.79 bits per heavy atom. The molecule has 6 heteroatoms. The number of anilines is 1. The lowest BCUT2D eigenvalue weighted by Gasteiger charge is -2.13. The molecule has 0 saturated heterocycles. The van der Waals surface area contributed by atoms with Crippen LogP contribution in [0.5, 0.6) is 0 Å². The number of aryl methyl sites for hydroxylation is 1. The molecule has 0 aliphatic rings. The van der Waals surface area contributed by atoms with Crippen molar-refractivity contribution in [3.63, 3.8) is 0 Å². The average Bonchev–Trinajstić information content (AvgIpc) is 2.82. The van der Waals surface area contributed by atoms with E-state index in [0.717, 1.165) is 25.7 Å². The molecule has 104 valence electrons. The van der Waals surface area contributed by atoms with Gasteiger partial charge in [0, 0.05) is 11.5 Å². The molecule has 0 spiro atoms. The van der Waals surface area contributed by atoms with E-state index in [0.29, 0.717) is 6.04 Å². The molecule has 0 fully saturated rings. The van der Waals surface area contributed by atoms with Crippen molar-refractivity contribution >= 4 is 27.8 Å². The lowest BCUT2D eigenvalue weighted by molar-refractivity contribution is 0.584. The maximum Gasteiger partial charge on any atom is 0.206 e. The second kappa shape index (κ2) is 5.17. The van der Waals surface area contributed by atoms with Gasteiger partial charge in [-0.2, -0.15) is 0 Å². The Bertz CT molecular complexity index is 563. The summed E-state index contributed by atoms with van der Waals surface area (Å²) >= 11 is 3.31. The molecule has 0 bridgehead atoms. The first-order valence-corrected chi connectivity index (χ1v) is 7.99. The van der Waals surface area contributed by atoms with E-state index in [9.17, 15) is 0 Å². The first-order valence-electron chi connectivity index (χ1n) is 6.35. The molecule has 0 radical (unpaired) electrons. The van der Waals surface area contributed by atoms with E-state index in [2.05, 4.69) is 55.1 Å². The summed E-state index contributed by atoms with van der Waals surface area (Å²) in [6.07, 6.45) is 0. The molecule has 0 aliphatic carbocycles. The largest absolute Gasteiger partial charge is 0.358 e. The van der Waals surface area contributed by atoms with Crippen molar-refractivity contribution in [2.45, 2.75) is 53.0 Å². The minimum atomic E-state index is 0.0807. The number of thiazole rings is 1. The summed E-state index contributed by atoms with van der Waals surface area (Å²) in [5.74, 6) is 0. The number of rotatable bonds is 3. The molecule has 2 rings (SSSR count). The zero-order valence-electron chi connectivity index (χ0n) is 12.2. The fraction of sp³-hybridized carbons (Fsp3) is 0.615. The highest BCUT2D eigenvalue weighted by Gasteiger charge is 2.22. The second-order valence-corrected chi connectivity index (χ2v) is 7.87. The second-order valence-electron chi connectivity index (χ2n) is 5.89. The summed E-state index contributed by atoms with van der Waals surface area (Å²) in [5, 5.41) is 14.7. The fourth-order valence-corrected chi connectivity index (χ4v) is 3.67. The summed E-state index contributed by atoms with van der Waals surface area (Å²) in [4.78, 5) is 5.80. The standard InChI is InChI=1S/C13H20N4S2/c1-7(2)14-12-17-16-10(19-12)9-8(3)15-11(18-9)13(4,5)6/h7H,1-6H3,(H,14,17). The highest BCUT2D eigenvalue weighted by Crippen LogP contribution is 2.37. The first kappa shape index (κ1) is 14.4.